The second-order valence-corrected chi connectivity index (χ2v) is 11.9. The van der Waals surface area contributed by atoms with Crippen LogP contribution in [0.5, 0.6) is 0 Å². The standard InChI is InChI=1S/C30H18N2O2Te/c33-28-23-15-18-6-1-2-7-19(18)16-24(23)29(34)25(28)17-22-11-12-27(35-22)32-26-10-4-3-8-20(26)14-21-9-5-13-31-30(21)32/h1-13,15-17H,14H2. The molecule has 0 N–H and O–H groups in total. The molecule has 166 valence electrons. The Morgan fingerprint density at radius 3 is 2.23 bits per heavy atom. The van der Waals surface area contributed by atoms with Crippen molar-refractivity contribution in [2.24, 2.45) is 0 Å². The average Bonchev–Trinajstić information content (AvgIpc) is 3.44. The third-order valence-electron chi connectivity index (χ3n) is 6.68. The van der Waals surface area contributed by atoms with Gasteiger partial charge in [-0.3, -0.25) is 0 Å². The molecule has 4 nitrogen and oxygen atoms in total. The van der Waals surface area contributed by atoms with Crippen LogP contribution >= 0.6 is 0 Å². The molecule has 0 amide bonds. The molecule has 1 aliphatic carbocycles. The van der Waals surface area contributed by atoms with Gasteiger partial charge in [0.2, 0.25) is 0 Å². The molecule has 5 aromatic rings. The van der Waals surface area contributed by atoms with Gasteiger partial charge in [-0.1, -0.05) is 0 Å². The number of benzene rings is 3. The SMILES string of the molecule is O=C1C(=Cc2ccc(N3c4ccccc4Cc4cccnc43)[te]2)C(=O)c2cc3ccccc3cc21. The number of pyridine rings is 1. The number of Topliss-reactive ketones (excluding diaryl/α,β-unsaturated/α-hetero) is 2. The molecule has 3 aromatic carbocycles. The Hall–Kier alpha value is -3.78. The van der Waals surface area contributed by atoms with Crippen molar-refractivity contribution < 1.29 is 9.59 Å². The summed E-state index contributed by atoms with van der Waals surface area (Å²) in [5, 5.41) is 1.95. The number of hydrogen-bond donors (Lipinski definition) is 0. The summed E-state index contributed by atoms with van der Waals surface area (Å²) in [5.74, 6) is 0.623. The summed E-state index contributed by atoms with van der Waals surface area (Å²) in [7, 11) is 0. The van der Waals surface area contributed by atoms with Crippen molar-refractivity contribution >= 4 is 64.1 Å². The van der Waals surface area contributed by atoms with Crippen LogP contribution in [0.2, 0.25) is 0 Å². The molecule has 0 saturated carbocycles. The van der Waals surface area contributed by atoms with Gasteiger partial charge in [0.05, 0.1) is 0 Å². The Balaban J connectivity index is 1.30. The quantitative estimate of drug-likeness (QED) is 0.144. The van der Waals surface area contributed by atoms with E-state index in [4.69, 9.17) is 4.98 Å². The molecule has 0 saturated heterocycles. The van der Waals surface area contributed by atoms with Gasteiger partial charge in [0.1, 0.15) is 0 Å². The van der Waals surface area contributed by atoms with Gasteiger partial charge in [-0.25, -0.2) is 0 Å². The van der Waals surface area contributed by atoms with Crippen LogP contribution in [0.3, 0.4) is 0 Å². The van der Waals surface area contributed by atoms with E-state index in [1.165, 1.54) is 14.8 Å². The predicted molar refractivity (Wildman–Crippen MR) is 139 cm³/mol. The fourth-order valence-electron chi connectivity index (χ4n) is 5.01. The summed E-state index contributed by atoms with van der Waals surface area (Å²) in [4.78, 5) is 33.4. The third kappa shape index (κ3) is 3.24. The van der Waals surface area contributed by atoms with Crippen molar-refractivity contribution in [2.75, 3.05) is 4.90 Å². The zero-order valence-electron chi connectivity index (χ0n) is 18.6. The molecule has 0 unspecified atom stereocenters. The summed E-state index contributed by atoms with van der Waals surface area (Å²) < 4.78 is 2.27. The van der Waals surface area contributed by atoms with Crippen molar-refractivity contribution in [3.05, 3.63) is 123 Å². The first-order valence-corrected chi connectivity index (χ1v) is 13.8. The number of anilines is 3. The van der Waals surface area contributed by atoms with Gasteiger partial charge < -0.3 is 0 Å². The Bertz CT molecular complexity index is 1630. The van der Waals surface area contributed by atoms with E-state index < -0.39 is 20.4 Å². The van der Waals surface area contributed by atoms with Gasteiger partial charge in [-0.05, 0) is 0 Å². The van der Waals surface area contributed by atoms with Crippen LogP contribution in [0, 0.1) is 0 Å². The molecule has 0 bridgehead atoms. The van der Waals surface area contributed by atoms with Gasteiger partial charge in [0, 0.05) is 0 Å². The van der Waals surface area contributed by atoms with Crippen molar-refractivity contribution in [1.29, 1.82) is 0 Å². The number of allylic oxidation sites excluding steroid dienone is 1. The summed E-state index contributed by atoms with van der Waals surface area (Å²) in [6.45, 7) is 0. The molecule has 0 radical (unpaired) electrons. The molecule has 1 aliphatic heterocycles. The van der Waals surface area contributed by atoms with Crippen LogP contribution in [-0.2, 0) is 6.42 Å². The van der Waals surface area contributed by atoms with E-state index in [-0.39, 0.29) is 17.1 Å². The van der Waals surface area contributed by atoms with Crippen LogP contribution in [-0.4, -0.2) is 37.0 Å². The summed E-state index contributed by atoms with van der Waals surface area (Å²) >= 11 is -0.828. The summed E-state index contributed by atoms with van der Waals surface area (Å²) in [6, 6.07) is 28.3. The number of aromatic nitrogens is 1. The summed E-state index contributed by atoms with van der Waals surface area (Å²) in [5.41, 5.74) is 4.93. The molecular weight excluding hydrogens is 548 g/mol. The van der Waals surface area contributed by atoms with E-state index in [2.05, 4.69) is 47.4 Å². The van der Waals surface area contributed by atoms with Crippen LogP contribution in [0.1, 0.15) is 35.4 Å². The minimum atomic E-state index is -0.828. The topological polar surface area (TPSA) is 50.3 Å². The van der Waals surface area contributed by atoms with E-state index in [9.17, 15) is 9.59 Å². The first-order valence-electron chi connectivity index (χ1n) is 11.4. The Morgan fingerprint density at radius 2 is 1.46 bits per heavy atom. The van der Waals surface area contributed by atoms with Crippen molar-refractivity contribution in [3.8, 4) is 0 Å². The van der Waals surface area contributed by atoms with Crippen LogP contribution in [0.15, 0.2) is 96.7 Å². The van der Waals surface area contributed by atoms with Gasteiger partial charge in [-0.15, -0.1) is 0 Å². The first kappa shape index (κ1) is 20.6. The van der Waals surface area contributed by atoms with Crippen molar-refractivity contribution in [3.63, 3.8) is 0 Å². The first-order chi connectivity index (χ1) is 17.2. The second-order valence-electron chi connectivity index (χ2n) is 8.76. The fraction of sp³-hybridized carbons (Fsp3) is 0.0333. The molecule has 7 rings (SSSR count). The summed E-state index contributed by atoms with van der Waals surface area (Å²) in [6.07, 6.45) is 4.53. The predicted octanol–water partition coefficient (Wildman–Crippen LogP) is 6.13. The van der Waals surface area contributed by atoms with Crippen LogP contribution < -0.4 is 4.90 Å². The molecule has 0 atom stereocenters. The molecule has 0 spiro atoms. The number of ketones is 2. The molecule has 0 fully saturated rings. The molecule has 3 heterocycles. The number of nitrogens with zero attached hydrogens (tertiary/aromatic N) is 2. The fourth-order valence-corrected chi connectivity index (χ4v) is 7.77. The van der Waals surface area contributed by atoms with Gasteiger partial charge in [-0.2, -0.15) is 0 Å². The van der Waals surface area contributed by atoms with Crippen molar-refractivity contribution in [1.82, 2.24) is 4.98 Å². The monoisotopic (exact) mass is 568 g/mol. The average molecular weight is 566 g/mol. The van der Waals surface area contributed by atoms with E-state index in [1.807, 2.05) is 54.7 Å². The second kappa shape index (κ2) is 7.88. The number of carbonyl (C=O) groups is 2. The van der Waals surface area contributed by atoms with Crippen molar-refractivity contribution in [2.45, 2.75) is 6.42 Å². The number of hydrogen-bond acceptors (Lipinski definition) is 4. The number of para-hydroxylation sites is 1. The van der Waals surface area contributed by atoms with E-state index in [0.29, 0.717) is 11.1 Å². The number of rotatable bonds is 2. The number of fused-ring (bicyclic) bond motifs is 4. The third-order valence-corrected chi connectivity index (χ3v) is 9.58. The molecule has 5 heteroatoms. The zero-order valence-corrected chi connectivity index (χ0v) is 20.9. The minimum absolute atomic E-state index is 0.173. The van der Waals surface area contributed by atoms with Gasteiger partial charge in [0.15, 0.2) is 0 Å². The van der Waals surface area contributed by atoms with Gasteiger partial charge >= 0.3 is 212 Å². The molecule has 35 heavy (non-hydrogen) atoms. The molecule has 2 aromatic heterocycles. The zero-order chi connectivity index (χ0) is 23.5. The maximum atomic E-state index is 13.2. The molecular formula is C30H18N2O2Te. The van der Waals surface area contributed by atoms with Crippen LogP contribution in [0.4, 0.5) is 15.2 Å². The van der Waals surface area contributed by atoms with E-state index in [0.717, 1.165) is 32.3 Å². The Labute approximate surface area is 211 Å². The van der Waals surface area contributed by atoms with Crippen LogP contribution in [0.25, 0.3) is 16.8 Å². The normalized spacial score (nSPS) is 14.2. The Kier molecular flexibility index (Phi) is 4.63. The number of carbonyl (C=O) groups excluding carboxylic acids is 2. The van der Waals surface area contributed by atoms with Gasteiger partial charge in [0.25, 0.3) is 0 Å². The Morgan fingerprint density at radius 1 is 0.771 bits per heavy atom. The van der Waals surface area contributed by atoms with E-state index >= 15 is 0 Å². The maximum absolute atomic E-state index is 13.2. The van der Waals surface area contributed by atoms with E-state index in [1.54, 1.807) is 0 Å². The molecule has 2 aliphatic rings.